The second-order valence-corrected chi connectivity index (χ2v) is 24.3. The van der Waals surface area contributed by atoms with Crippen LogP contribution in [0.2, 0.25) is 0 Å². The summed E-state index contributed by atoms with van der Waals surface area (Å²) in [7, 11) is 0. The van der Waals surface area contributed by atoms with Gasteiger partial charge in [-0.05, 0) is 122 Å². The molecule has 0 bridgehead atoms. The highest BCUT2D eigenvalue weighted by Crippen LogP contribution is 2.18. The quantitative estimate of drug-likeness (QED) is 0.0373. The monoisotopic (exact) mass is 1220 g/mol. The van der Waals surface area contributed by atoms with E-state index in [0.717, 1.165) is 122 Å². The predicted molar refractivity (Wildman–Crippen MR) is 389 cm³/mol. The average Bonchev–Trinajstić information content (AvgIpc) is 3.54. The van der Waals surface area contributed by atoms with Gasteiger partial charge in [-0.25, -0.2) is 0 Å². The van der Waals surface area contributed by atoms with Gasteiger partial charge in [0.2, 0.25) is 0 Å². The van der Waals surface area contributed by atoms with Gasteiger partial charge in [0.15, 0.2) is 6.10 Å². The molecule has 0 saturated heterocycles. The molecule has 0 heterocycles. The lowest BCUT2D eigenvalue weighted by Crippen LogP contribution is -2.28. The van der Waals surface area contributed by atoms with E-state index in [4.69, 9.17) is 9.47 Å². The van der Waals surface area contributed by atoms with Gasteiger partial charge in [-0.15, -0.1) is 0 Å². The van der Waals surface area contributed by atoms with E-state index < -0.39 is 6.10 Å². The first kappa shape index (κ1) is 83.5. The summed E-state index contributed by atoms with van der Waals surface area (Å²) < 4.78 is 10.8. The summed E-state index contributed by atoms with van der Waals surface area (Å²) >= 11 is 0. The number of aliphatic hydroxyl groups excluding tert-OH is 1. The third-order valence-electron chi connectivity index (χ3n) is 15.8. The van der Waals surface area contributed by atoms with Gasteiger partial charge in [0.05, 0.1) is 6.61 Å². The number of unbranched alkanes of at least 4 members (excludes halogenated alkanes) is 33. The first-order valence-corrected chi connectivity index (χ1v) is 37.0. The molecule has 0 fully saturated rings. The van der Waals surface area contributed by atoms with E-state index in [-0.39, 0.29) is 25.2 Å². The van der Waals surface area contributed by atoms with Crippen LogP contribution in [-0.4, -0.2) is 36.4 Å². The molecule has 5 heteroatoms. The molecule has 500 valence electrons. The van der Waals surface area contributed by atoms with E-state index >= 15 is 0 Å². The van der Waals surface area contributed by atoms with Gasteiger partial charge in [-0.1, -0.05) is 358 Å². The summed E-state index contributed by atoms with van der Waals surface area (Å²) in [6.07, 6.45) is 117. The first-order valence-electron chi connectivity index (χ1n) is 37.0. The van der Waals surface area contributed by atoms with E-state index in [1.807, 2.05) is 0 Å². The van der Waals surface area contributed by atoms with Crippen molar-refractivity contribution >= 4 is 11.9 Å². The Kier molecular flexibility index (Phi) is 72.9. The van der Waals surface area contributed by atoms with E-state index in [9.17, 15) is 14.7 Å². The fourth-order valence-corrected chi connectivity index (χ4v) is 10.4. The van der Waals surface area contributed by atoms with Crippen LogP contribution in [0.15, 0.2) is 158 Å². The molecule has 0 aliphatic rings. The van der Waals surface area contributed by atoms with E-state index in [1.54, 1.807) is 0 Å². The zero-order valence-electron chi connectivity index (χ0n) is 57.4. The molecule has 0 aliphatic carbocycles. The van der Waals surface area contributed by atoms with Gasteiger partial charge < -0.3 is 14.6 Å². The molecule has 1 unspecified atom stereocenters. The highest BCUT2D eigenvalue weighted by molar-refractivity contribution is 5.70. The van der Waals surface area contributed by atoms with Crippen molar-refractivity contribution in [1.29, 1.82) is 0 Å². The lowest BCUT2D eigenvalue weighted by atomic mass is 10.0. The van der Waals surface area contributed by atoms with Crippen LogP contribution in [0.5, 0.6) is 0 Å². The number of ether oxygens (including phenoxy) is 2. The van der Waals surface area contributed by atoms with Crippen molar-refractivity contribution in [1.82, 2.24) is 0 Å². The molecule has 0 spiro atoms. The normalized spacial score (nSPS) is 13.2. The summed E-state index contributed by atoms with van der Waals surface area (Å²) in [5, 5.41) is 9.72. The lowest BCUT2D eigenvalue weighted by Gasteiger charge is -2.15. The molecular formula is C83H138O5. The Balaban J connectivity index is 3.49. The van der Waals surface area contributed by atoms with Crippen LogP contribution in [0, 0.1) is 0 Å². The highest BCUT2D eigenvalue weighted by Gasteiger charge is 2.16. The highest BCUT2D eigenvalue weighted by atomic mass is 16.6. The minimum absolute atomic E-state index is 0.0708. The number of hydrogen-bond acceptors (Lipinski definition) is 5. The average molecular weight is 1220 g/mol. The van der Waals surface area contributed by atoms with Crippen LogP contribution in [0.4, 0.5) is 0 Å². The van der Waals surface area contributed by atoms with Gasteiger partial charge >= 0.3 is 11.9 Å². The molecular weight excluding hydrogens is 1080 g/mol. The van der Waals surface area contributed by atoms with Gasteiger partial charge in [0, 0.05) is 12.8 Å². The molecule has 1 N–H and O–H groups in total. The lowest BCUT2D eigenvalue weighted by molar-refractivity contribution is -0.161. The second kappa shape index (κ2) is 76.8. The Labute approximate surface area is 545 Å². The summed E-state index contributed by atoms with van der Waals surface area (Å²) in [6.45, 7) is 3.93. The predicted octanol–water partition coefficient (Wildman–Crippen LogP) is 26.2. The summed E-state index contributed by atoms with van der Waals surface area (Å²) in [5.74, 6) is -0.588. The fraction of sp³-hybridized carbons (Fsp3) is 0.663. The molecule has 0 aliphatic heterocycles. The van der Waals surface area contributed by atoms with Crippen molar-refractivity contribution in [2.24, 2.45) is 0 Å². The van der Waals surface area contributed by atoms with Gasteiger partial charge in [-0.2, -0.15) is 0 Å². The zero-order chi connectivity index (χ0) is 63.3. The summed E-state index contributed by atoms with van der Waals surface area (Å²) in [6, 6.07) is 0. The van der Waals surface area contributed by atoms with Crippen molar-refractivity contribution in [3.8, 4) is 0 Å². The van der Waals surface area contributed by atoms with Crippen LogP contribution in [0.1, 0.15) is 335 Å². The van der Waals surface area contributed by atoms with Crippen molar-refractivity contribution in [2.45, 2.75) is 341 Å². The number of hydrogen-bond donors (Lipinski definition) is 1. The fourth-order valence-electron chi connectivity index (χ4n) is 10.4. The van der Waals surface area contributed by atoms with Crippen molar-refractivity contribution < 1.29 is 24.2 Å². The van der Waals surface area contributed by atoms with Gasteiger partial charge in [0.1, 0.15) is 6.61 Å². The van der Waals surface area contributed by atoms with Gasteiger partial charge in [0.25, 0.3) is 0 Å². The number of carbonyl (C=O) groups excluding carboxylic acids is 2. The number of allylic oxidation sites excluding steroid dienone is 26. The number of rotatable bonds is 67. The minimum Gasteiger partial charge on any atom is -0.462 e. The molecule has 5 nitrogen and oxygen atoms in total. The first-order chi connectivity index (χ1) is 43.6. The molecule has 0 rings (SSSR count). The number of esters is 2. The van der Waals surface area contributed by atoms with Crippen LogP contribution >= 0.6 is 0 Å². The topological polar surface area (TPSA) is 72.8 Å². The Morgan fingerprint density at radius 3 is 0.682 bits per heavy atom. The van der Waals surface area contributed by atoms with Crippen molar-refractivity contribution in [2.75, 3.05) is 13.2 Å². The van der Waals surface area contributed by atoms with E-state index in [1.165, 1.54) is 186 Å². The molecule has 0 aromatic rings. The molecule has 0 amide bonds. The van der Waals surface area contributed by atoms with E-state index in [2.05, 4.69) is 172 Å². The maximum atomic E-state index is 12.4. The smallest absolute Gasteiger partial charge is 0.306 e. The number of carbonyl (C=O) groups is 2. The zero-order valence-corrected chi connectivity index (χ0v) is 57.4. The molecule has 0 radical (unpaired) electrons. The Hall–Kier alpha value is -4.48. The van der Waals surface area contributed by atoms with Crippen LogP contribution < -0.4 is 0 Å². The third kappa shape index (κ3) is 74.0. The third-order valence-corrected chi connectivity index (χ3v) is 15.8. The van der Waals surface area contributed by atoms with Crippen LogP contribution in [-0.2, 0) is 19.1 Å². The second-order valence-electron chi connectivity index (χ2n) is 24.3. The molecule has 0 aromatic heterocycles. The molecule has 1 atom stereocenters. The Bertz CT molecular complexity index is 1860. The Morgan fingerprint density at radius 1 is 0.261 bits per heavy atom. The van der Waals surface area contributed by atoms with Crippen molar-refractivity contribution in [3.63, 3.8) is 0 Å². The van der Waals surface area contributed by atoms with E-state index in [0.29, 0.717) is 12.8 Å². The summed E-state index contributed by atoms with van der Waals surface area (Å²) in [5.41, 5.74) is 0. The summed E-state index contributed by atoms with van der Waals surface area (Å²) in [4.78, 5) is 24.7. The molecule has 0 saturated carbocycles. The number of aliphatic hydroxyl groups is 1. The maximum absolute atomic E-state index is 12.4. The largest absolute Gasteiger partial charge is 0.462 e. The van der Waals surface area contributed by atoms with Crippen molar-refractivity contribution in [3.05, 3.63) is 158 Å². The Morgan fingerprint density at radius 2 is 0.455 bits per heavy atom. The van der Waals surface area contributed by atoms with Gasteiger partial charge in [-0.3, -0.25) is 9.59 Å². The SMILES string of the molecule is CC/C=C\C/C=C\C/C=C\C/C=C\C/C=C\C/C=C\C/C=C\C/C=C\C/C=C\CCCCCCCCCCCCCC(=O)OC(CO)COC(=O)CCCCCCCCCCCCCCCCCCCCCCCC/C=C\C/C=C\C/C=C\C/C=C\CC. The molecule has 88 heavy (non-hydrogen) atoms. The standard InChI is InChI=1S/C83H138O5/c1-3-5-7-9-11-13-15-17-19-21-23-25-27-29-31-33-35-37-39-40-41-42-44-46-48-50-52-54-56-58-60-62-64-66-68-70-72-74-76-78-83(86)88-81(79-84)80-87-82(85)77-75-73-71-69-67-65-63-61-59-57-55-53-51-49-47-45-43-38-36-34-32-30-28-26-24-22-20-18-16-14-12-10-8-6-4-2/h5-8,11-14,17-20,23-26,29,31,35,37,40-41,44,46,50,52,81,84H,3-4,9-10,15-16,21-22,27-28,30,32-34,36,38-39,42-43,45,47-49,51,53-80H2,1-2H3/b7-5-,8-6-,13-11-,14-12-,19-17-,20-18-,25-23-,26-24-,31-29-,37-35-,41-40-,46-44-,52-50-. The maximum Gasteiger partial charge on any atom is 0.306 e. The molecule has 0 aromatic carbocycles. The van der Waals surface area contributed by atoms with Crippen LogP contribution in [0.3, 0.4) is 0 Å². The van der Waals surface area contributed by atoms with Crippen LogP contribution in [0.25, 0.3) is 0 Å². The minimum atomic E-state index is -0.783.